The minimum Gasteiger partial charge on any atom is -0.452 e. The van der Waals surface area contributed by atoms with Gasteiger partial charge in [-0.2, -0.15) is 0 Å². The highest BCUT2D eigenvalue weighted by Crippen LogP contribution is 2.49. The van der Waals surface area contributed by atoms with Crippen LogP contribution in [0.15, 0.2) is 66.2 Å². The van der Waals surface area contributed by atoms with Gasteiger partial charge in [-0.15, -0.1) is 0 Å². The van der Waals surface area contributed by atoms with Crippen LogP contribution >= 0.6 is 0 Å². The highest BCUT2D eigenvalue weighted by Gasteiger charge is 2.38. The van der Waals surface area contributed by atoms with E-state index in [-0.39, 0.29) is 30.1 Å². The van der Waals surface area contributed by atoms with E-state index in [0.29, 0.717) is 34.1 Å². The molecule has 0 fully saturated rings. The number of esters is 1. The first-order valence-corrected chi connectivity index (χ1v) is 9.83. The van der Waals surface area contributed by atoms with Crippen LogP contribution in [0.3, 0.4) is 0 Å². The zero-order chi connectivity index (χ0) is 21.5. The lowest BCUT2D eigenvalue weighted by molar-refractivity contribution is -0.135. The van der Waals surface area contributed by atoms with Crippen LogP contribution in [0.25, 0.3) is 0 Å². The molecule has 1 unspecified atom stereocenters. The van der Waals surface area contributed by atoms with Gasteiger partial charge >= 0.3 is 12.0 Å². The molecule has 1 atom stereocenters. The Morgan fingerprint density at radius 2 is 1.84 bits per heavy atom. The van der Waals surface area contributed by atoms with Crippen molar-refractivity contribution >= 4 is 11.8 Å². The van der Waals surface area contributed by atoms with Crippen molar-refractivity contribution < 1.29 is 23.8 Å². The van der Waals surface area contributed by atoms with Gasteiger partial charge in [-0.3, -0.25) is 9.59 Å². The summed E-state index contributed by atoms with van der Waals surface area (Å²) >= 11 is 0. The fraction of sp³-hybridized carbons (Fsp3) is 0.167. The van der Waals surface area contributed by atoms with Crippen molar-refractivity contribution in [2.24, 2.45) is 0 Å². The summed E-state index contributed by atoms with van der Waals surface area (Å²) in [5.74, 6) is 0.856. The van der Waals surface area contributed by atoms with Crippen LogP contribution in [0.1, 0.15) is 47.7 Å². The van der Waals surface area contributed by atoms with Crippen molar-refractivity contribution in [1.29, 1.82) is 0 Å². The van der Waals surface area contributed by atoms with E-state index in [4.69, 9.17) is 14.2 Å². The molecule has 2 aliphatic heterocycles. The average molecular weight is 414 g/mol. The second-order valence-electron chi connectivity index (χ2n) is 7.55. The van der Waals surface area contributed by atoms with Gasteiger partial charge in [-0.25, -0.2) is 9.97 Å². The van der Waals surface area contributed by atoms with Crippen molar-refractivity contribution in [2.45, 2.75) is 26.2 Å². The van der Waals surface area contributed by atoms with Gasteiger partial charge < -0.3 is 14.2 Å². The van der Waals surface area contributed by atoms with Crippen LogP contribution in [0.5, 0.6) is 23.3 Å². The number of fused-ring (bicyclic) bond motifs is 3. The lowest BCUT2D eigenvalue weighted by atomic mass is 9.84. The molecule has 0 aliphatic carbocycles. The number of hydrogen-bond donors (Lipinski definition) is 0. The molecule has 0 spiro atoms. The number of allylic oxidation sites excluding steroid dienone is 2. The molecule has 2 aliphatic rings. The summed E-state index contributed by atoms with van der Waals surface area (Å²) in [4.78, 5) is 33.2. The first kappa shape index (κ1) is 19.0. The Balaban J connectivity index is 1.59. The molecule has 3 heterocycles. The molecular formula is C24H18N2O5. The zero-order valence-electron chi connectivity index (χ0n) is 16.9. The summed E-state index contributed by atoms with van der Waals surface area (Å²) in [6.45, 7) is 3.66. The van der Waals surface area contributed by atoms with Gasteiger partial charge in [0.15, 0.2) is 5.76 Å². The van der Waals surface area contributed by atoms with E-state index in [1.54, 1.807) is 36.7 Å². The van der Waals surface area contributed by atoms with Gasteiger partial charge in [0.05, 0.1) is 12.0 Å². The molecule has 3 aromatic rings. The second-order valence-corrected chi connectivity index (χ2v) is 7.55. The molecule has 0 bridgehead atoms. The normalized spacial score (nSPS) is 16.8. The highest BCUT2D eigenvalue weighted by atomic mass is 16.5. The lowest BCUT2D eigenvalue weighted by Gasteiger charge is -2.26. The predicted molar refractivity (Wildman–Crippen MR) is 110 cm³/mol. The molecular weight excluding hydrogens is 396 g/mol. The number of rotatable bonds is 3. The molecule has 0 amide bonds. The van der Waals surface area contributed by atoms with E-state index < -0.39 is 0 Å². The number of ketones is 1. The molecule has 0 N–H and O–H groups in total. The molecule has 1 aromatic heterocycles. The standard InChI is InChI=1S/C24H18N2O5/c1-13(2)22-21(28)16-7-8-18-20(23(16)31-22)17(12-19(27)30-18)14-5-3-6-15(11-14)29-24-25-9-4-10-26-24/h3-11,17H,12H2,1-2H3. The number of aromatic nitrogens is 2. The second kappa shape index (κ2) is 7.36. The van der Waals surface area contributed by atoms with Gasteiger partial charge in [-0.05, 0) is 55.3 Å². The van der Waals surface area contributed by atoms with Gasteiger partial charge in [0, 0.05) is 23.9 Å². The number of nitrogens with zero attached hydrogens (tertiary/aromatic N) is 2. The third-order valence-corrected chi connectivity index (χ3v) is 5.22. The fourth-order valence-electron chi connectivity index (χ4n) is 3.84. The van der Waals surface area contributed by atoms with Crippen LogP contribution < -0.4 is 14.2 Å². The van der Waals surface area contributed by atoms with Crippen molar-refractivity contribution in [3.05, 3.63) is 82.9 Å². The number of carbonyl (C=O) groups excluding carboxylic acids is 2. The largest absolute Gasteiger partial charge is 0.452 e. The van der Waals surface area contributed by atoms with E-state index in [2.05, 4.69) is 9.97 Å². The van der Waals surface area contributed by atoms with Crippen LogP contribution in [0, 0.1) is 0 Å². The Hall–Kier alpha value is -4.00. The first-order chi connectivity index (χ1) is 15.0. The quantitative estimate of drug-likeness (QED) is 0.352. The van der Waals surface area contributed by atoms with E-state index in [9.17, 15) is 9.59 Å². The zero-order valence-corrected chi connectivity index (χ0v) is 16.9. The van der Waals surface area contributed by atoms with Crippen LogP contribution in [-0.2, 0) is 4.79 Å². The molecule has 0 saturated heterocycles. The summed E-state index contributed by atoms with van der Waals surface area (Å²) in [6.07, 6.45) is 3.31. The van der Waals surface area contributed by atoms with E-state index in [0.717, 1.165) is 11.1 Å². The Morgan fingerprint density at radius 3 is 2.61 bits per heavy atom. The van der Waals surface area contributed by atoms with Crippen molar-refractivity contribution in [2.75, 3.05) is 0 Å². The minimum atomic E-state index is -0.351. The highest BCUT2D eigenvalue weighted by molar-refractivity contribution is 6.13. The third kappa shape index (κ3) is 3.34. The van der Waals surface area contributed by atoms with Crippen LogP contribution in [-0.4, -0.2) is 21.7 Å². The summed E-state index contributed by atoms with van der Waals surface area (Å²) in [6, 6.07) is 12.6. The average Bonchev–Trinajstić information content (AvgIpc) is 3.11. The van der Waals surface area contributed by atoms with E-state index in [1.807, 2.05) is 32.0 Å². The van der Waals surface area contributed by atoms with Gasteiger partial charge in [0.2, 0.25) is 5.78 Å². The van der Waals surface area contributed by atoms with Crippen molar-refractivity contribution in [1.82, 2.24) is 9.97 Å². The van der Waals surface area contributed by atoms with Gasteiger partial charge in [-0.1, -0.05) is 12.1 Å². The Bertz CT molecular complexity index is 1250. The first-order valence-electron chi connectivity index (χ1n) is 9.83. The summed E-state index contributed by atoms with van der Waals surface area (Å²) in [7, 11) is 0. The summed E-state index contributed by atoms with van der Waals surface area (Å²) in [5.41, 5.74) is 2.79. The third-order valence-electron chi connectivity index (χ3n) is 5.22. The Labute approximate surface area is 178 Å². The SMILES string of the molecule is CC(C)=C1Oc2c(ccc3c2C(c2cccc(Oc4ncccn4)c2)CC(=O)O3)C1=O. The van der Waals surface area contributed by atoms with Crippen LogP contribution in [0.4, 0.5) is 0 Å². The Kier molecular flexibility index (Phi) is 4.51. The smallest absolute Gasteiger partial charge is 0.321 e. The molecule has 2 aromatic carbocycles. The maximum Gasteiger partial charge on any atom is 0.321 e. The van der Waals surface area contributed by atoms with Crippen molar-refractivity contribution in [3.63, 3.8) is 0 Å². The number of hydrogen-bond acceptors (Lipinski definition) is 7. The molecule has 7 heteroatoms. The maximum atomic E-state index is 12.8. The molecule has 31 heavy (non-hydrogen) atoms. The molecule has 7 nitrogen and oxygen atoms in total. The maximum absolute atomic E-state index is 12.8. The molecule has 5 rings (SSSR count). The van der Waals surface area contributed by atoms with E-state index >= 15 is 0 Å². The number of carbonyl (C=O) groups is 2. The van der Waals surface area contributed by atoms with Crippen LogP contribution in [0.2, 0.25) is 0 Å². The fourth-order valence-corrected chi connectivity index (χ4v) is 3.84. The molecule has 0 saturated carbocycles. The van der Waals surface area contributed by atoms with Gasteiger partial charge in [0.25, 0.3) is 0 Å². The lowest BCUT2D eigenvalue weighted by Crippen LogP contribution is -2.21. The minimum absolute atomic E-state index is 0.121. The summed E-state index contributed by atoms with van der Waals surface area (Å²) < 4.78 is 17.2. The number of ether oxygens (including phenoxy) is 3. The monoisotopic (exact) mass is 414 g/mol. The molecule has 154 valence electrons. The topological polar surface area (TPSA) is 87.6 Å². The van der Waals surface area contributed by atoms with E-state index in [1.165, 1.54) is 0 Å². The number of Topliss-reactive ketones (excluding diaryl/α,β-unsaturated/α-hetero) is 1. The summed E-state index contributed by atoms with van der Waals surface area (Å²) in [5, 5.41) is 0. The Morgan fingerprint density at radius 1 is 1.03 bits per heavy atom. The van der Waals surface area contributed by atoms with Crippen molar-refractivity contribution in [3.8, 4) is 23.3 Å². The number of benzene rings is 2. The molecule has 0 radical (unpaired) electrons. The predicted octanol–water partition coefficient (Wildman–Crippen LogP) is 4.58. The van der Waals surface area contributed by atoms with Gasteiger partial charge in [0.1, 0.15) is 17.2 Å².